The maximum atomic E-state index is 11.2. The van der Waals surface area contributed by atoms with E-state index in [0.29, 0.717) is 17.1 Å². The number of rotatable bonds is 7. The standard InChI is InChI=1S/C9H12ClN5O4.C9H11ClN4O3S.C6H6ClN5O.ClH2NO/c1-3-19-9(16)14-8(15-17)13-6-5(18-2)4-11-7(10)12-6;1-3-17-9(15)14-8(18)13-6-5(16-2)4-11-7(10)12-6;1-13-3-2-9-5(7)12-4(3)10-6(8)11-12;1-2-3/h4,17H,3H2,1-2H3,(H2,11,12,13,14,15,16);4H,3H2,1-2H3,(H2,11,12,13,14,15,18);2H,1H3,(H2,8,11);2-3H. The highest BCUT2D eigenvalue weighted by Gasteiger charge is 2.13. The molecule has 0 aliphatic carbocycles. The number of methoxy groups -OCH3 is 3. The van der Waals surface area contributed by atoms with Crippen LogP contribution in [0.1, 0.15) is 13.8 Å². The normalized spacial score (nSPS) is 10.1. The highest BCUT2D eigenvalue weighted by atomic mass is 35.5. The third kappa shape index (κ3) is 16.4. The molecule has 24 nitrogen and oxygen atoms in total. The quantitative estimate of drug-likeness (QED) is 0.0331. The highest BCUT2D eigenvalue weighted by Crippen LogP contribution is 2.25. The summed E-state index contributed by atoms with van der Waals surface area (Å²) < 4.78 is 25.6. The van der Waals surface area contributed by atoms with Gasteiger partial charge in [0.1, 0.15) is 0 Å². The number of aliphatic imine (C=N–C) groups is 1. The number of nitrogens with one attached hydrogen (secondary N) is 5. The fourth-order valence-electron chi connectivity index (χ4n) is 2.99. The maximum absolute atomic E-state index is 11.2. The second-order valence-electron chi connectivity index (χ2n) is 8.19. The van der Waals surface area contributed by atoms with Crippen LogP contribution in [0.25, 0.3) is 5.65 Å². The first-order chi connectivity index (χ1) is 25.3. The number of hydroxylamine groups is 1. The number of amides is 2. The molecule has 4 rings (SSSR count). The lowest BCUT2D eigenvalue weighted by molar-refractivity contribution is 0.154. The summed E-state index contributed by atoms with van der Waals surface area (Å²) >= 11 is 26.2. The monoisotopic (exact) mass is 845 g/mol. The number of aromatic nitrogens is 8. The first-order valence-electron chi connectivity index (χ1n) is 13.8. The van der Waals surface area contributed by atoms with Crippen LogP contribution < -0.4 is 46.4 Å². The lowest BCUT2D eigenvalue weighted by atomic mass is 10.5. The van der Waals surface area contributed by atoms with Crippen molar-refractivity contribution in [3.05, 3.63) is 34.4 Å². The SMILES string of the molecule is CCOC(=O)NC(=Nc1nc(Cl)ncc1OC)NO.CCOC(=O)NC(=S)Nc1nc(Cl)ncc1OC.COc1cnc(Cl)n2nc(N)nc12.ONCl. The van der Waals surface area contributed by atoms with Gasteiger partial charge in [0.15, 0.2) is 28.2 Å². The molecule has 4 heterocycles. The zero-order chi connectivity index (χ0) is 39.9. The number of alkyl carbamates (subject to hydrolysis) is 2. The molecule has 2 amide bonds. The second-order valence-corrected chi connectivity index (χ2v) is 9.78. The van der Waals surface area contributed by atoms with Gasteiger partial charge in [-0.1, -0.05) is 0 Å². The summed E-state index contributed by atoms with van der Waals surface area (Å²) in [5.41, 5.74) is 7.55. The zero-order valence-corrected chi connectivity index (χ0v) is 31.8. The number of anilines is 2. The summed E-state index contributed by atoms with van der Waals surface area (Å²) in [6.45, 7) is 3.74. The van der Waals surface area contributed by atoms with Gasteiger partial charge in [0, 0.05) is 11.8 Å². The molecule has 0 spiro atoms. The summed E-state index contributed by atoms with van der Waals surface area (Å²) in [4.78, 5) is 50.2. The van der Waals surface area contributed by atoms with Gasteiger partial charge in [-0.15, -0.1) is 10.1 Å². The zero-order valence-electron chi connectivity index (χ0n) is 27.9. The van der Waals surface area contributed by atoms with E-state index in [4.69, 9.17) is 77.4 Å². The Labute approximate surface area is 324 Å². The van der Waals surface area contributed by atoms with Gasteiger partial charge in [-0.3, -0.25) is 15.8 Å². The predicted molar refractivity (Wildman–Crippen MR) is 193 cm³/mol. The molecule has 0 aromatic carbocycles. The van der Waals surface area contributed by atoms with Crippen molar-refractivity contribution in [3.8, 4) is 17.2 Å². The molecule has 0 aliphatic rings. The van der Waals surface area contributed by atoms with E-state index in [1.165, 1.54) is 49.4 Å². The van der Waals surface area contributed by atoms with Crippen molar-refractivity contribution in [3.63, 3.8) is 0 Å². The average Bonchev–Trinajstić information content (AvgIpc) is 3.52. The van der Waals surface area contributed by atoms with Crippen LogP contribution in [-0.4, -0.2) is 108 Å². The van der Waals surface area contributed by atoms with E-state index in [0.717, 1.165) is 0 Å². The molecule has 4 aromatic rings. The number of nitrogens with zero attached hydrogens (tertiary/aromatic N) is 9. The fourth-order valence-corrected chi connectivity index (χ4v) is 3.60. The molecule has 29 heteroatoms. The van der Waals surface area contributed by atoms with Crippen molar-refractivity contribution in [2.24, 2.45) is 4.99 Å². The third-order valence-corrected chi connectivity index (χ3v) is 5.77. The van der Waals surface area contributed by atoms with Crippen molar-refractivity contribution in [2.75, 3.05) is 45.6 Å². The Balaban J connectivity index is 0.000000388. The van der Waals surface area contributed by atoms with E-state index < -0.39 is 12.2 Å². The Hall–Kier alpha value is -5.15. The fraction of sp³-hybridized carbons (Fsp3) is 0.292. The number of hydrogen-bond donors (Lipinski definition) is 8. The van der Waals surface area contributed by atoms with Crippen LogP contribution in [0.4, 0.5) is 27.2 Å². The molecule has 0 aliphatic heterocycles. The van der Waals surface area contributed by atoms with Crippen LogP contribution in [0.3, 0.4) is 0 Å². The molecule has 0 bridgehead atoms. The molecule has 4 aromatic heterocycles. The van der Waals surface area contributed by atoms with Crippen LogP contribution in [0.5, 0.6) is 17.2 Å². The lowest BCUT2D eigenvalue weighted by Crippen LogP contribution is -2.39. The maximum Gasteiger partial charge on any atom is 0.414 e. The summed E-state index contributed by atoms with van der Waals surface area (Å²) in [6.07, 6.45) is 2.69. The number of carbonyl (C=O) groups excluding carboxylic acids is 2. The van der Waals surface area contributed by atoms with E-state index in [1.54, 1.807) is 19.3 Å². The van der Waals surface area contributed by atoms with Gasteiger partial charge in [-0.2, -0.15) is 24.5 Å². The van der Waals surface area contributed by atoms with Crippen molar-refractivity contribution < 1.29 is 43.7 Å². The van der Waals surface area contributed by atoms with Crippen molar-refractivity contribution in [2.45, 2.75) is 13.8 Å². The minimum absolute atomic E-state index is 0.0153. The van der Waals surface area contributed by atoms with E-state index in [2.05, 4.69) is 77.2 Å². The number of nitrogens with two attached hydrogens (primary N) is 1. The summed E-state index contributed by atoms with van der Waals surface area (Å²) in [5.74, 6) is 1.14. The van der Waals surface area contributed by atoms with Crippen LogP contribution in [-0.2, 0) is 9.47 Å². The van der Waals surface area contributed by atoms with E-state index in [1.807, 2.05) is 0 Å². The average molecular weight is 847 g/mol. The van der Waals surface area contributed by atoms with E-state index in [9.17, 15) is 9.59 Å². The molecule has 9 N–H and O–H groups in total. The number of halogens is 4. The predicted octanol–water partition coefficient (Wildman–Crippen LogP) is 2.92. The Bertz CT molecular complexity index is 1830. The highest BCUT2D eigenvalue weighted by molar-refractivity contribution is 7.80. The van der Waals surface area contributed by atoms with Gasteiger partial charge in [-0.05, 0) is 60.9 Å². The number of nitrogen functional groups attached to an aromatic ring is 1. The van der Waals surface area contributed by atoms with Crippen LogP contribution in [0.2, 0.25) is 15.9 Å². The van der Waals surface area contributed by atoms with Crippen molar-refractivity contribution in [1.29, 1.82) is 0 Å². The number of ether oxygens (including phenoxy) is 5. The summed E-state index contributed by atoms with van der Waals surface area (Å²) in [6, 6.07) is 0. The van der Waals surface area contributed by atoms with Gasteiger partial charge < -0.3 is 39.9 Å². The summed E-state index contributed by atoms with van der Waals surface area (Å²) in [7, 11) is 4.34. The van der Waals surface area contributed by atoms with Crippen LogP contribution in [0.15, 0.2) is 23.6 Å². The molecule has 53 heavy (non-hydrogen) atoms. The molecule has 0 saturated heterocycles. The molecular formula is C24H31Cl4N15O9S. The minimum atomic E-state index is -0.790. The summed E-state index contributed by atoms with van der Waals surface area (Å²) in [5, 5.41) is 27.1. The Morgan fingerprint density at radius 3 is 1.94 bits per heavy atom. The minimum Gasteiger partial charge on any atom is -0.491 e. The molecule has 0 atom stereocenters. The first kappa shape index (κ1) is 45.9. The Kier molecular flexibility index (Phi) is 21.6. The molecule has 0 unspecified atom stereocenters. The first-order valence-corrected chi connectivity index (χ1v) is 15.7. The Morgan fingerprint density at radius 1 is 0.868 bits per heavy atom. The van der Waals surface area contributed by atoms with Gasteiger partial charge in [-0.25, -0.2) is 30.0 Å². The molecule has 0 radical (unpaired) electrons. The van der Waals surface area contributed by atoms with Gasteiger partial charge in [0.25, 0.3) is 0 Å². The molecule has 0 fully saturated rings. The number of carbonyl (C=O) groups is 2. The van der Waals surface area contributed by atoms with Gasteiger partial charge in [0.2, 0.25) is 39.2 Å². The van der Waals surface area contributed by atoms with Gasteiger partial charge in [0.05, 0.1) is 53.1 Å². The van der Waals surface area contributed by atoms with Crippen molar-refractivity contribution >= 4 is 105 Å². The number of hydrogen-bond acceptors (Lipinski definition) is 20. The second kappa shape index (κ2) is 24.9. The smallest absolute Gasteiger partial charge is 0.414 e. The Morgan fingerprint density at radius 2 is 1.40 bits per heavy atom. The topological polar surface area (TPSA) is 314 Å². The molecular weight excluding hydrogens is 816 g/mol. The largest absolute Gasteiger partial charge is 0.491 e. The van der Waals surface area contributed by atoms with Crippen LogP contribution >= 0.6 is 58.8 Å². The number of thiocarbonyl (C=S) groups is 1. The van der Waals surface area contributed by atoms with E-state index in [-0.39, 0.29) is 63.5 Å². The lowest BCUT2D eigenvalue weighted by Gasteiger charge is -2.11. The van der Waals surface area contributed by atoms with Crippen molar-refractivity contribution in [1.82, 2.24) is 60.6 Å². The van der Waals surface area contributed by atoms with Crippen LogP contribution in [0, 0.1) is 0 Å². The molecule has 0 saturated carbocycles. The number of fused-ring (bicyclic) bond motifs is 1. The molecule has 290 valence electrons. The van der Waals surface area contributed by atoms with E-state index >= 15 is 0 Å². The number of guanidine groups is 1. The third-order valence-electron chi connectivity index (χ3n) is 4.94. The van der Waals surface area contributed by atoms with Gasteiger partial charge >= 0.3 is 12.2 Å².